The van der Waals surface area contributed by atoms with E-state index in [4.69, 9.17) is 0 Å². The van der Waals surface area contributed by atoms with E-state index >= 15 is 0 Å². The monoisotopic (exact) mass is 486 g/mol. The molecule has 2 saturated heterocycles. The van der Waals surface area contributed by atoms with Gasteiger partial charge in [0.1, 0.15) is 5.82 Å². The van der Waals surface area contributed by atoms with Gasteiger partial charge in [0.25, 0.3) is 0 Å². The van der Waals surface area contributed by atoms with Gasteiger partial charge < -0.3 is 10.2 Å². The molecule has 0 radical (unpaired) electrons. The number of hydrogen-bond acceptors (Lipinski definition) is 5. The Morgan fingerprint density at radius 2 is 1.62 bits per heavy atom. The first kappa shape index (κ1) is 24.8. The van der Waals surface area contributed by atoms with Crippen LogP contribution in [-0.2, 0) is 9.59 Å². The molecule has 1 aromatic carbocycles. The molecule has 0 aliphatic carbocycles. The number of hydrogen-bond donors (Lipinski definition) is 1. The average molecular weight is 487 g/mol. The summed E-state index contributed by atoms with van der Waals surface area (Å²) in [6.07, 6.45) is 1.19. The Labute approximate surface area is 205 Å². The molecular weight excluding hydrogens is 451 g/mol. The van der Waals surface area contributed by atoms with Crippen molar-refractivity contribution >= 4 is 23.2 Å². The van der Waals surface area contributed by atoms with Gasteiger partial charge >= 0.3 is 0 Å². The van der Waals surface area contributed by atoms with E-state index in [-0.39, 0.29) is 23.7 Å². The van der Waals surface area contributed by atoms with Crippen molar-refractivity contribution in [3.05, 3.63) is 58.0 Å². The topological polar surface area (TPSA) is 55.9 Å². The number of carbonyl (C=O) groups is 2. The molecule has 0 saturated carbocycles. The van der Waals surface area contributed by atoms with Gasteiger partial charge in [0.05, 0.1) is 19.1 Å². The quantitative estimate of drug-likeness (QED) is 0.653. The van der Waals surface area contributed by atoms with Gasteiger partial charge in [-0.3, -0.25) is 19.4 Å². The first-order valence-electron chi connectivity index (χ1n) is 12.2. The van der Waals surface area contributed by atoms with Crippen molar-refractivity contribution in [3.63, 3.8) is 0 Å². The second-order valence-electron chi connectivity index (χ2n) is 9.86. The number of nitrogens with one attached hydrogen (secondary N) is 1. The predicted molar refractivity (Wildman–Crippen MR) is 133 cm³/mol. The third-order valence-electron chi connectivity index (χ3n) is 6.75. The number of nitrogens with zero attached hydrogens (tertiary/aromatic N) is 3. The van der Waals surface area contributed by atoms with E-state index in [2.05, 4.69) is 29.0 Å². The third kappa shape index (κ3) is 6.64. The molecule has 2 amide bonds. The lowest BCUT2D eigenvalue weighted by Crippen LogP contribution is -2.53. The second kappa shape index (κ2) is 11.4. The van der Waals surface area contributed by atoms with Crippen LogP contribution in [0.2, 0.25) is 0 Å². The molecule has 6 nitrogen and oxygen atoms in total. The van der Waals surface area contributed by atoms with Crippen LogP contribution in [-0.4, -0.2) is 78.9 Å². The third-order valence-corrected chi connectivity index (χ3v) is 7.69. The van der Waals surface area contributed by atoms with Gasteiger partial charge in [-0.05, 0) is 47.4 Å². The van der Waals surface area contributed by atoms with Crippen molar-refractivity contribution in [2.75, 3.05) is 52.4 Å². The van der Waals surface area contributed by atoms with E-state index in [1.807, 2.05) is 22.4 Å². The number of thiophene rings is 1. The molecule has 4 rings (SSSR count). The number of halogens is 1. The van der Waals surface area contributed by atoms with Gasteiger partial charge in [0.2, 0.25) is 11.8 Å². The molecule has 3 heterocycles. The zero-order valence-corrected chi connectivity index (χ0v) is 20.9. The summed E-state index contributed by atoms with van der Waals surface area (Å²) in [6.45, 7) is 10.0. The van der Waals surface area contributed by atoms with Crippen molar-refractivity contribution in [1.82, 2.24) is 20.0 Å². The summed E-state index contributed by atoms with van der Waals surface area (Å²) in [6, 6.07) is 9.94. The SMILES string of the molecule is C[C@@H]1C[C@H](C)CN(C(=O)CN2CCN(CC(=O)N[C@H](c3ccc(F)cc3)c3cccs3)CC2)C1. The molecule has 0 unspecified atom stereocenters. The lowest BCUT2D eigenvalue weighted by atomic mass is 9.92. The van der Waals surface area contributed by atoms with Crippen molar-refractivity contribution in [3.8, 4) is 0 Å². The zero-order valence-electron chi connectivity index (χ0n) is 20.1. The largest absolute Gasteiger partial charge is 0.343 e. The number of piperazine rings is 1. The number of amides is 2. The molecule has 2 fully saturated rings. The molecule has 1 aromatic heterocycles. The van der Waals surface area contributed by atoms with E-state index in [0.717, 1.165) is 49.7 Å². The minimum absolute atomic E-state index is 0.0523. The molecule has 1 N–H and O–H groups in total. The fraction of sp³-hybridized carbons (Fsp3) is 0.538. The van der Waals surface area contributed by atoms with Gasteiger partial charge in [-0.15, -0.1) is 11.3 Å². The van der Waals surface area contributed by atoms with E-state index in [1.54, 1.807) is 23.5 Å². The first-order valence-corrected chi connectivity index (χ1v) is 13.1. The van der Waals surface area contributed by atoms with Crippen molar-refractivity contribution in [1.29, 1.82) is 0 Å². The fourth-order valence-corrected chi connectivity index (χ4v) is 5.91. The number of carbonyl (C=O) groups excluding carboxylic acids is 2. The van der Waals surface area contributed by atoms with Crippen LogP contribution in [0.4, 0.5) is 4.39 Å². The Morgan fingerprint density at radius 1 is 1.00 bits per heavy atom. The summed E-state index contributed by atoms with van der Waals surface area (Å²) >= 11 is 1.57. The number of piperidine rings is 1. The van der Waals surface area contributed by atoms with E-state index < -0.39 is 0 Å². The highest BCUT2D eigenvalue weighted by molar-refractivity contribution is 7.10. The molecule has 34 heavy (non-hydrogen) atoms. The van der Waals surface area contributed by atoms with Crippen molar-refractivity contribution in [2.24, 2.45) is 11.8 Å². The molecule has 2 aliphatic heterocycles. The number of benzene rings is 1. The van der Waals surface area contributed by atoms with Crippen molar-refractivity contribution < 1.29 is 14.0 Å². The second-order valence-corrected chi connectivity index (χ2v) is 10.8. The summed E-state index contributed by atoms with van der Waals surface area (Å²) in [4.78, 5) is 33.1. The Morgan fingerprint density at radius 3 is 2.21 bits per heavy atom. The Balaban J connectivity index is 1.26. The highest BCUT2D eigenvalue weighted by atomic mass is 32.1. The molecule has 8 heteroatoms. The van der Waals surface area contributed by atoms with Crippen LogP contribution >= 0.6 is 11.3 Å². The Kier molecular flexibility index (Phi) is 8.34. The van der Waals surface area contributed by atoms with Gasteiger partial charge in [0.15, 0.2) is 0 Å². The molecule has 2 aromatic rings. The summed E-state index contributed by atoms with van der Waals surface area (Å²) in [5, 5.41) is 5.11. The van der Waals surface area contributed by atoms with Gasteiger partial charge in [-0.1, -0.05) is 32.0 Å². The minimum Gasteiger partial charge on any atom is -0.343 e. The highest BCUT2D eigenvalue weighted by Gasteiger charge is 2.28. The molecule has 2 aliphatic rings. The smallest absolute Gasteiger partial charge is 0.236 e. The zero-order chi connectivity index (χ0) is 24.1. The molecule has 0 bridgehead atoms. The van der Waals surface area contributed by atoms with Crippen LogP contribution in [0.15, 0.2) is 41.8 Å². The van der Waals surface area contributed by atoms with E-state index in [9.17, 15) is 14.0 Å². The summed E-state index contributed by atoms with van der Waals surface area (Å²) in [5.74, 6) is 1.01. The Bertz CT molecular complexity index is 934. The van der Waals surface area contributed by atoms with Gasteiger partial charge in [0, 0.05) is 44.1 Å². The first-order chi connectivity index (χ1) is 16.4. The van der Waals surface area contributed by atoms with E-state index in [0.29, 0.717) is 24.9 Å². The van der Waals surface area contributed by atoms with Crippen LogP contribution in [0.5, 0.6) is 0 Å². The van der Waals surface area contributed by atoms with Crippen LogP contribution < -0.4 is 5.32 Å². The Hall–Kier alpha value is -2.29. The van der Waals surface area contributed by atoms with Crippen LogP contribution in [0, 0.1) is 17.7 Å². The van der Waals surface area contributed by atoms with E-state index in [1.165, 1.54) is 18.6 Å². The predicted octanol–water partition coefficient (Wildman–Crippen LogP) is 3.21. The van der Waals surface area contributed by atoms with Crippen molar-refractivity contribution in [2.45, 2.75) is 26.3 Å². The summed E-state index contributed by atoms with van der Waals surface area (Å²) < 4.78 is 13.4. The average Bonchev–Trinajstić information content (AvgIpc) is 3.33. The minimum atomic E-state index is -0.291. The van der Waals surface area contributed by atoms with Gasteiger partial charge in [-0.2, -0.15) is 0 Å². The van der Waals surface area contributed by atoms with Crippen LogP contribution in [0.1, 0.15) is 36.8 Å². The molecule has 3 atom stereocenters. The normalized spacial score (nSPS) is 23.0. The standard InChI is InChI=1S/C26H35FN4O2S/c1-19-14-20(2)16-31(15-19)25(33)18-30-11-9-29(10-12-30)17-24(32)28-26(23-4-3-13-34-23)21-5-7-22(27)8-6-21/h3-8,13,19-20,26H,9-12,14-18H2,1-2H3,(H,28,32)/t19-,20+,26-/m1/s1. The fourth-order valence-electron chi connectivity index (χ4n) is 5.10. The maximum atomic E-state index is 13.4. The highest BCUT2D eigenvalue weighted by Crippen LogP contribution is 2.26. The van der Waals surface area contributed by atoms with Gasteiger partial charge in [-0.25, -0.2) is 4.39 Å². The molecule has 184 valence electrons. The number of likely N-dealkylation sites (tertiary alicyclic amines) is 1. The lowest BCUT2D eigenvalue weighted by Gasteiger charge is -2.38. The molecule has 0 spiro atoms. The summed E-state index contributed by atoms with van der Waals surface area (Å²) in [7, 11) is 0. The van der Waals surface area contributed by atoms with Crippen LogP contribution in [0.25, 0.3) is 0 Å². The maximum absolute atomic E-state index is 13.4. The van der Waals surface area contributed by atoms with Crippen LogP contribution in [0.3, 0.4) is 0 Å². The number of rotatable bonds is 7. The maximum Gasteiger partial charge on any atom is 0.236 e. The molecular formula is C26H35FN4O2S. The lowest BCUT2D eigenvalue weighted by molar-refractivity contribution is -0.135. The summed E-state index contributed by atoms with van der Waals surface area (Å²) in [5.41, 5.74) is 0.863.